The summed E-state index contributed by atoms with van der Waals surface area (Å²) >= 11 is 0. The smallest absolute Gasteiger partial charge is 0.0166 e. The molecule has 2 rings (SSSR count). The normalized spacial score (nSPS) is 23.9. The van der Waals surface area contributed by atoms with Gasteiger partial charge in [0.15, 0.2) is 0 Å². The van der Waals surface area contributed by atoms with Crippen molar-refractivity contribution in [3.8, 4) is 0 Å². The molecule has 2 fully saturated rings. The van der Waals surface area contributed by atoms with E-state index < -0.39 is 0 Å². The predicted molar refractivity (Wildman–Crippen MR) is 87.9 cm³/mol. The van der Waals surface area contributed by atoms with Gasteiger partial charge >= 0.3 is 0 Å². The molecule has 0 unspecified atom stereocenters. The average Bonchev–Trinajstić information content (AvgIpc) is 2.93. The monoisotopic (exact) mass is 280 g/mol. The van der Waals surface area contributed by atoms with Crippen molar-refractivity contribution in [2.24, 2.45) is 11.7 Å². The number of rotatable bonds is 7. The Morgan fingerprint density at radius 1 is 1.00 bits per heavy atom. The third kappa shape index (κ3) is 5.04. The molecule has 20 heavy (non-hydrogen) atoms. The lowest BCUT2D eigenvalue weighted by Crippen LogP contribution is -2.46. The van der Waals surface area contributed by atoms with Gasteiger partial charge in [0.1, 0.15) is 0 Å². The summed E-state index contributed by atoms with van der Waals surface area (Å²) in [7, 11) is 0. The van der Waals surface area contributed by atoms with E-state index in [0.29, 0.717) is 0 Å². The Morgan fingerprint density at radius 2 is 1.65 bits per heavy atom. The van der Waals surface area contributed by atoms with Crippen LogP contribution in [-0.2, 0) is 0 Å². The van der Waals surface area contributed by atoms with Gasteiger partial charge in [-0.15, -0.1) is 0 Å². The van der Waals surface area contributed by atoms with E-state index in [-0.39, 0.29) is 5.54 Å². The molecule has 0 radical (unpaired) electrons. The van der Waals surface area contributed by atoms with Crippen LogP contribution in [0.5, 0.6) is 0 Å². The molecule has 0 spiro atoms. The van der Waals surface area contributed by atoms with Crippen LogP contribution in [0.15, 0.2) is 0 Å². The van der Waals surface area contributed by atoms with Crippen LogP contribution in [-0.4, -0.2) is 29.6 Å². The van der Waals surface area contributed by atoms with E-state index in [1.807, 2.05) is 0 Å². The summed E-state index contributed by atoms with van der Waals surface area (Å²) < 4.78 is 0. The molecule has 0 aromatic heterocycles. The fraction of sp³-hybridized carbons (Fsp3) is 1.00. The second-order valence-electron chi connectivity index (χ2n) is 7.83. The van der Waals surface area contributed by atoms with Crippen molar-refractivity contribution >= 4 is 0 Å². The molecular formula is C18H36N2. The van der Waals surface area contributed by atoms with Gasteiger partial charge in [0.05, 0.1) is 0 Å². The van der Waals surface area contributed by atoms with E-state index in [4.69, 9.17) is 5.73 Å². The highest BCUT2D eigenvalue weighted by Gasteiger charge is 2.29. The van der Waals surface area contributed by atoms with Crippen LogP contribution in [0.2, 0.25) is 0 Å². The van der Waals surface area contributed by atoms with E-state index in [9.17, 15) is 0 Å². The molecular weight excluding hydrogens is 244 g/mol. The first-order valence-electron chi connectivity index (χ1n) is 9.12. The zero-order valence-electron chi connectivity index (χ0n) is 13.9. The van der Waals surface area contributed by atoms with Crippen LogP contribution in [0, 0.1) is 5.92 Å². The lowest BCUT2D eigenvalue weighted by atomic mass is 9.80. The summed E-state index contributed by atoms with van der Waals surface area (Å²) in [4.78, 5) is 2.79. The molecule has 0 atom stereocenters. The standard InChI is InChI=1S/C18H36N2/c1-16(2)10-14-20(17-8-4-5-9-17)15-13-18(19)11-6-3-7-12-18/h16-17H,3-15,19H2,1-2H3. The molecule has 0 amide bonds. The van der Waals surface area contributed by atoms with Crippen LogP contribution in [0.4, 0.5) is 0 Å². The number of hydrogen-bond acceptors (Lipinski definition) is 2. The largest absolute Gasteiger partial charge is 0.325 e. The Morgan fingerprint density at radius 3 is 2.25 bits per heavy atom. The Bertz CT molecular complexity index is 263. The van der Waals surface area contributed by atoms with E-state index >= 15 is 0 Å². The molecule has 118 valence electrons. The fourth-order valence-electron chi connectivity index (χ4n) is 4.04. The zero-order chi connectivity index (χ0) is 14.4. The van der Waals surface area contributed by atoms with E-state index in [1.165, 1.54) is 83.7 Å². The molecule has 0 aromatic carbocycles. The van der Waals surface area contributed by atoms with Gasteiger partial charge in [0.2, 0.25) is 0 Å². The second-order valence-corrected chi connectivity index (χ2v) is 7.83. The van der Waals surface area contributed by atoms with Gasteiger partial charge < -0.3 is 10.6 Å². The maximum absolute atomic E-state index is 6.64. The first kappa shape index (κ1) is 16.3. The Kier molecular flexibility index (Phi) is 6.35. The highest BCUT2D eigenvalue weighted by molar-refractivity contribution is 4.89. The molecule has 2 aliphatic carbocycles. The highest BCUT2D eigenvalue weighted by Crippen LogP contribution is 2.30. The first-order valence-corrected chi connectivity index (χ1v) is 9.12. The van der Waals surface area contributed by atoms with Gasteiger partial charge in [0, 0.05) is 18.1 Å². The maximum atomic E-state index is 6.64. The summed E-state index contributed by atoms with van der Waals surface area (Å²) in [6, 6.07) is 0.862. The lowest BCUT2D eigenvalue weighted by molar-refractivity contribution is 0.156. The summed E-state index contributed by atoms with van der Waals surface area (Å²) in [6.07, 6.45) is 14.9. The third-order valence-corrected chi connectivity index (χ3v) is 5.58. The van der Waals surface area contributed by atoms with Crippen LogP contribution in [0.25, 0.3) is 0 Å². The van der Waals surface area contributed by atoms with Gasteiger partial charge in [-0.1, -0.05) is 46.0 Å². The van der Waals surface area contributed by atoms with E-state index in [1.54, 1.807) is 0 Å². The molecule has 0 aliphatic heterocycles. The average molecular weight is 280 g/mol. The predicted octanol–water partition coefficient (Wildman–Crippen LogP) is 4.33. The van der Waals surface area contributed by atoms with E-state index in [2.05, 4.69) is 18.7 Å². The summed E-state index contributed by atoms with van der Waals surface area (Å²) in [6.45, 7) is 7.23. The van der Waals surface area contributed by atoms with Gasteiger partial charge in [-0.25, -0.2) is 0 Å². The van der Waals surface area contributed by atoms with Crippen molar-refractivity contribution < 1.29 is 0 Å². The SMILES string of the molecule is CC(C)CCN(CCC1(N)CCCCC1)C1CCCC1. The van der Waals surface area contributed by atoms with Crippen molar-refractivity contribution in [1.82, 2.24) is 4.90 Å². The highest BCUT2D eigenvalue weighted by atomic mass is 15.2. The van der Waals surface area contributed by atoms with Gasteiger partial charge in [-0.2, -0.15) is 0 Å². The third-order valence-electron chi connectivity index (χ3n) is 5.58. The molecule has 2 aliphatic rings. The minimum atomic E-state index is 0.160. The first-order chi connectivity index (χ1) is 9.59. The van der Waals surface area contributed by atoms with Crippen LogP contribution >= 0.6 is 0 Å². The topological polar surface area (TPSA) is 29.3 Å². The molecule has 0 bridgehead atoms. The Hall–Kier alpha value is -0.0800. The Balaban J connectivity index is 1.82. The van der Waals surface area contributed by atoms with Gasteiger partial charge in [0.25, 0.3) is 0 Å². The molecule has 2 saturated carbocycles. The van der Waals surface area contributed by atoms with Crippen LogP contribution < -0.4 is 5.73 Å². The quantitative estimate of drug-likeness (QED) is 0.752. The fourth-order valence-corrected chi connectivity index (χ4v) is 4.04. The minimum absolute atomic E-state index is 0.160. The number of nitrogens with zero attached hydrogens (tertiary/aromatic N) is 1. The molecule has 2 nitrogen and oxygen atoms in total. The number of nitrogens with two attached hydrogens (primary N) is 1. The summed E-state index contributed by atoms with van der Waals surface area (Å²) in [5.74, 6) is 0.820. The molecule has 0 aromatic rings. The van der Waals surface area contributed by atoms with Gasteiger partial charge in [-0.05, 0) is 51.0 Å². The van der Waals surface area contributed by atoms with Crippen LogP contribution in [0.3, 0.4) is 0 Å². The van der Waals surface area contributed by atoms with Crippen molar-refractivity contribution in [3.63, 3.8) is 0 Å². The zero-order valence-corrected chi connectivity index (χ0v) is 13.9. The van der Waals surface area contributed by atoms with Crippen molar-refractivity contribution in [2.45, 2.75) is 96.1 Å². The maximum Gasteiger partial charge on any atom is 0.0166 e. The molecule has 0 saturated heterocycles. The summed E-state index contributed by atoms with van der Waals surface area (Å²) in [5, 5.41) is 0. The van der Waals surface area contributed by atoms with Crippen molar-refractivity contribution in [2.75, 3.05) is 13.1 Å². The molecule has 2 heteroatoms. The second kappa shape index (κ2) is 7.79. The van der Waals surface area contributed by atoms with Gasteiger partial charge in [-0.3, -0.25) is 0 Å². The summed E-state index contributed by atoms with van der Waals surface area (Å²) in [5.41, 5.74) is 6.79. The van der Waals surface area contributed by atoms with Crippen LogP contribution in [0.1, 0.15) is 84.5 Å². The molecule has 0 heterocycles. The van der Waals surface area contributed by atoms with E-state index in [0.717, 1.165) is 12.0 Å². The minimum Gasteiger partial charge on any atom is -0.325 e. The Labute approximate surface area is 126 Å². The lowest BCUT2D eigenvalue weighted by Gasteiger charge is -2.37. The number of hydrogen-bond donors (Lipinski definition) is 1. The van der Waals surface area contributed by atoms with Crippen molar-refractivity contribution in [1.29, 1.82) is 0 Å². The molecule has 2 N–H and O–H groups in total. The van der Waals surface area contributed by atoms with Crippen molar-refractivity contribution in [3.05, 3.63) is 0 Å².